The van der Waals surface area contributed by atoms with Crippen LogP contribution < -0.4 is 5.32 Å². The van der Waals surface area contributed by atoms with Gasteiger partial charge in [0.2, 0.25) is 0 Å². The summed E-state index contributed by atoms with van der Waals surface area (Å²) in [7, 11) is 0. The Balaban J connectivity index is 1.18. The number of likely N-dealkylation sites (tertiary alicyclic amines) is 1. The van der Waals surface area contributed by atoms with Crippen molar-refractivity contribution < 1.29 is 14.7 Å². The molecule has 40 heavy (non-hydrogen) atoms. The molecule has 3 heterocycles. The molecule has 212 valence electrons. The normalized spacial score (nSPS) is 20.7. The van der Waals surface area contributed by atoms with E-state index in [4.69, 9.17) is 28.2 Å². The van der Waals surface area contributed by atoms with Crippen molar-refractivity contribution >= 4 is 58.9 Å². The maximum Gasteiger partial charge on any atom is 0.253 e. The van der Waals surface area contributed by atoms with Crippen molar-refractivity contribution in [2.75, 3.05) is 26.2 Å². The summed E-state index contributed by atoms with van der Waals surface area (Å²) in [6.45, 7) is 8.50. The van der Waals surface area contributed by atoms with Gasteiger partial charge in [0.1, 0.15) is 11.4 Å². The van der Waals surface area contributed by atoms with Gasteiger partial charge in [-0.3, -0.25) is 14.6 Å². The van der Waals surface area contributed by atoms with Crippen LogP contribution in [0.4, 0.5) is 0 Å². The van der Waals surface area contributed by atoms with Crippen molar-refractivity contribution in [2.24, 2.45) is 4.99 Å². The molecule has 0 bridgehead atoms. The minimum Gasteiger partial charge on any atom is -0.390 e. The highest BCUT2D eigenvalue weighted by molar-refractivity contribution is 8.00. The smallest absolute Gasteiger partial charge is 0.253 e. The molecule has 2 aromatic rings. The minimum atomic E-state index is -0.748. The van der Waals surface area contributed by atoms with Crippen LogP contribution in [-0.2, 0) is 4.79 Å². The molecule has 0 unspecified atom stereocenters. The lowest BCUT2D eigenvalue weighted by atomic mass is 9.89. The second kappa shape index (κ2) is 11.5. The molecular formula is C30H34Cl2N4O3S. The number of amides is 2. The molecule has 2 N–H and O–H groups in total. The molecule has 0 aliphatic carbocycles. The highest BCUT2D eigenvalue weighted by Crippen LogP contribution is 2.34. The Hall–Kier alpha value is -2.36. The van der Waals surface area contributed by atoms with Crippen molar-refractivity contribution in [1.82, 2.24) is 14.5 Å². The van der Waals surface area contributed by atoms with Gasteiger partial charge in [-0.1, -0.05) is 35.1 Å². The molecule has 1 spiro atoms. The van der Waals surface area contributed by atoms with E-state index >= 15 is 0 Å². The van der Waals surface area contributed by atoms with Gasteiger partial charge >= 0.3 is 0 Å². The molecule has 3 aliphatic heterocycles. The lowest BCUT2D eigenvalue weighted by Gasteiger charge is -2.36. The number of hydrogen-bond donors (Lipinski definition) is 2. The van der Waals surface area contributed by atoms with E-state index in [1.54, 1.807) is 24.1 Å². The standard InChI is InChI=1S/C30H34Cl2N4O3S/c1-19-16-22(27(37)35-11-7-29(3,39)8-12-35)17-20(2)23(19)6-15-40-36-13-9-30(10-14-36)28(38)33-26(34-30)21-4-5-24(31)25(32)18-21/h4-6,15-18,39H,7-14H2,1-3H3,(H,33,34,38)/b15-6+. The maximum atomic E-state index is 13.1. The van der Waals surface area contributed by atoms with E-state index in [1.165, 1.54) is 0 Å². The number of aryl methyl sites for hydroxylation is 2. The molecule has 0 saturated carbocycles. The van der Waals surface area contributed by atoms with Gasteiger partial charge in [-0.05, 0) is 105 Å². The van der Waals surface area contributed by atoms with Gasteiger partial charge in [-0.15, -0.1) is 0 Å². The Morgan fingerprint density at radius 2 is 1.68 bits per heavy atom. The molecule has 5 rings (SSSR count). The van der Waals surface area contributed by atoms with Crippen molar-refractivity contribution in [3.05, 3.63) is 73.6 Å². The van der Waals surface area contributed by atoms with Crippen LogP contribution in [0.25, 0.3) is 6.08 Å². The zero-order valence-electron chi connectivity index (χ0n) is 23.0. The third-order valence-corrected chi connectivity index (χ3v) is 9.80. The predicted molar refractivity (Wildman–Crippen MR) is 163 cm³/mol. The van der Waals surface area contributed by atoms with E-state index in [0.717, 1.165) is 35.3 Å². The van der Waals surface area contributed by atoms with E-state index in [1.807, 2.05) is 43.9 Å². The summed E-state index contributed by atoms with van der Waals surface area (Å²) in [6, 6.07) is 9.16. The Labute approximate surface area is 249 Å². The lowest BCUT2D eigenvalue weighted by Crippen LogP contribution is -2.47. The van der Waals surface area contributed by atoms with Crippen LogP contribution >= 0.6 is 35.1 Å². The zero-order valence-corrected chi connectivity index (χ0v) is 25.3. The summed E-state index contributed by atoms with van der Waals surface area (Å²) >= 11 is 13.8. The third kappa shape index (κ3) is 6.11. The van der Waals surface area contributed by atoms with E-state index in [-0.39, 0.29) is 11.8 Å². The number of amidine groups is 1. The number of carbonyl (C=O) groups excluding carboxylic acids is 2. The summed E-state index contributed by atoms with van der Waals surface area (Å²) in [6.07, 6.45) is 4.55. The fourth-order valence-corrected chi connectivity index (χ4v) is 6.58. The van der Waals surface area contributed by atoms with Crippen LogP contribution in [0.5, 0.6) is 0 Å². The van der Waals surface area contributed by atoms with Gasteiger partial charge in [0.15, 0.2) is 0 Å². The number of aliphatic hydroxyl groups is 1. The maximum absolute atomic E-state index is 13.1. The number of hydrogen-bond acceptors (Lipinski definition) is 6. The highest BCUT2D eigenvalue weighted by Gasteiger charge is 2.46. The largest absolute Gasteiger partial charge is 0.390 e. The molecule has 2 fully saturated rings. The molecule has 2 saturated heterocycles. The van der Waals surface area contributed by atoms with Crippen LogP contribution in [0.1, 0.15) is 65.2 Å². The molecular weight excluding hydrogens is 567 g/mol. The molecule has 0 radical (unpaired) electrons. The Kier molecular flexibility index (Phi) is 8.37. The van der Waals surface area contributed by atoms with Crippen molar-refractivity contribution in [2.45, 2.75) is 57.6 Å². The van der Waals surface area contributed by atoms with Crippen LogP contribution in [0.2, 0.25) is 10.0 Å². The number of aliphatic imine (C=N–C) groups is 1. The average molecular weight is 602 g/mol. The summed E-state index contributed by atoms with van der Waals surface area (Å²) in [5.41, 5.74) is 3.21. The van der Waals surface area contributed by atoms with Crippen molar-refractivity contribution in [3.63, 3.8) is 0 Å². The van der Waals surface area contributed by atoms with Crippen LogP contribution in [0, 0.1) is 13.8 Å². The van der Waals surface area contributed by atoms with Crippen molar-refractivity contribution in [3.8, 4) is 0 Å². The number of piperidine rings is 2. The topological polar surface area (TPSA) is 85.2 Å². The van der Waals surface area contributed by atoms with Crippen molar-refractivity contribution in [1.29, 1.82) is 0 Å². The first-order valence-corrected chi connectivity index (χ1v) is 15.1. The summed E-state index contributed by atoms with van der Waals surface area (Å²) < 4.78 is 2.25. The second-order valence-electron chi connectivity index (χ2n) is 11.2. The number of halogens is 2. The van der Waals surface area contributed by atoms with Crippen LogP contribution in [-0.4, -0.2) is 69.3 Å². The predicted octanol–water partition coefficient (Wildman–Crippen LogP) is 5.63. The summed E-state index contributed by atoms with van der Waals surface area (Å²) in [5.74, 6) is 0.504. The molecule has 3 aliphatic rings. The third-order valence-electron chi connectivity index (χ3n) is 8.14. The lowest BCUT2D eigenvalue weighted by molar-refractivity contribution is -0.124. The first-order chi connectivity index (χ1) is 19.0. The van der Waals surface area contributed by atoms with Gasteiger partial charge < -0.3 is 15.3 Å². The van der Waals surface area contributed by atoms with Gasteiger partial charge in [-0.25, -0.2) is 4.31 Å². The Morgan fingerprint density at radius 1 is 1.02 bits per heavy atom. The molecule has 0 atom stereocenters. The second-order valence-corrected chi connectivity index (χ2v) is 13.0. The average Bonchev–Trinajstić information content (AvgIpc) is 3.23. The quantitative estimate of drug-likeness (QED) is 0.435. The SMILES string of the molecule is Cc1cc(C(=O)N2CCC(C)(O)CC2)cc(C)c1/C=C/SN1CCC2(CC1)N=C(c1ccc(Cl)c(Cl)c1)NC2=O. The fraction of sp³-hybridized carbons (Fsp3) is 0.433. The number of rotatable bonds is 5. The first-order valence-electron chi connectivity index (χ1n) is 13.5. The van der Waals surface area contributed by atoms with E-state index in [0.29, 0.717) is 60.2 Å². The first kappa shape index (κ1) is 29.1. The number of nitrogens with zero attached hydrogens (tertiary/aromatic N) is 3. The van der Waals surface area contributed by atoms with E-state index < -0.39 is 11.1 Å². The Morgan fingerprint density at radius 3 is 2.30 bits per heavy atom. The van der Waals surface area contributed by atoms with Gasteiger partial charge in [0.25, 0.3) is 11.8 Å². The molecule has 7 nitrogen and oxygen atoms in total. The van der Waals surface area contributed by atoms with Gasteiger partial charge in [-0.2, -0.15) is 0 Å². The number of nitrogens with one attached hydrogen (secondary N) is 1. The van der Waals surface area contributed by atoms with Crippen LogP contribution in [0.15, 0.2) is 40.7 Å². The molecule has 10 heteroatoms. The van der Waals surface area contributed by atoms with Crippen LogP contribution in [0.3, 0.4) is 0 Å². The Bertz CT molecular complexity index is 1370. The van der Waals surface area contributed by atoms with E-state index in [9.17, 15) is 14.7 Å². The molecule has 2 aromatic carbocycles. The number of carbonyl (C=O) groups is 2. The highest BCUT2D eigenvalue weighted by atomic mass is 35.5. The molecule has 0 aromatic heterocycles. The zero-order chi connectivity index (χ0) is 28.7. The number of benzene rings is 2. The van der Waals surface area contributed by atoms with Gasteiger partial charge in [0.05, 0.1) is 15.6 Å². The van der Waals surface area contributed by atoms with E-state index in [2.05, 4.69) is 21.1 Å². The summed E-state index contributed by atoms with van der Waals surface area (Å²) in [5, 5.41) is 16.1. The monoisotopic (exact) mass is 600 g/mol. The minimum absolute atomic E-state index is 0.0229. The molecule has 2 amide bonds. The fourth-order valence-electron chi connectivity index (χ4n) is 5.52. The van der Waals surface area contributed by atoms with Gasteiger partial charge in [0, 0.05) is 37.3 Å². The summed E-state index contributed by atoms with van der Waals surface area (Å²) in [4.78, 5) is 32.6.